The van der Waals surface area contributed by atoms with E-state index in [4.69, 9.17) is 16.7 Å². The number of aromatic nitrogens is 2. The van der Waals surface area contributed by atoms with Crippen molar-refractivity contribution in [2.24, 2.45) is 5.92 Å². The molecule has 1 aliphatic heterocycles. The number of aromatic amines is 2. The Morgan fingerprint density at radius 2 is 1.94 bits per heavy atom. The third-order valence-corrected chi connectivity index (χ3v) is 3.41. The highest BCUT2D eigenvalue weighted by Gasteiger charge is 2.21. The van der Waals surface area contributed by atoms with Crippen LogP contribution in [-0.4, -0.2) is 34.8 Å². The zero-order valence-corrected chi connectivity index (χ0v) is 9.96. The smallest absolute Gasteiger partial charge is 0.327 e. The third kappa shape index (κ3) is 2.53. The van der Waals surface area contributed by atoms with Crippen LogP contribution in [0, 0.1) is 5.92 Å². The molecule has 0 saturated carbocycles. The maximum Gasteiger partial charge on any atom is 0.327 e. The first kappa shape index (κ1) is 12.2. The molecule has 6 nitrogen and oxygen atoms in total. The van der Waals surface area contributed by atoms with Crippen LogP contribution in [0.1, 0.15) is 12.8 Å². The molecule has 7 heteroatoms. The molecule has 1 aromatic heterocycles. The minimum atomic E-state index is -0.574. The lowest BCUT2D eigenvalue weighted by Crippen LogP contribution is -2.38. The minimum absolute atomic E-state index is 0.00653. The molecule has 1 aliphatic rings. The third-order valence-electron chi connectivity index (χ3n) is 3.06. The molecule has 2 heterocycles. The van der Waals surface area contributed by atoms with Crippen LogP contribution < -0.4 is 16.1 Å². The lowest BCUT2D eigenvalue weighted by molar-refractivity contribution is 0.202. The van der Waals surface area contributed by atoms with Crippen molar-refractivity contribution >= 4 is 17.4 Å². The molecule has 1 aromatic rings. The summed E-state index contributed by atoms with van der Waals surface area (Å²) in [5.41, 5.74) is -1.13. The van der Waals surface area contributed by atoms with Crippen molar-refractivity contribution in [3.63, 3.8) is 0 Å². The number of nitrogens with one attached hydrogen (secondary N) is 2. The quantitative estimate of drug-likeness (QED) is 0.693. The van der Waals surface area contributed by atoms with E-state index >= 15 is 0 Å². The summed E-state index contributed by atoms with van der Waals surface area (Å²) in [6.07, 6.45) is 1.64. The standard InChI is InChI=1S/C10H14ClN3O3/c11-7-8(12-10(17)13-9(7)16)14-3-1-6(5-15)2-4-14/h6,15H,1-5H2,(H2,12,13,16,17). The summed E-state index contributed by atoms with van der Waals surface area (Å²) >= 11 is 5.86. The molecule has 3 N–H and O–H groups in total. The number of aliphatic hydroxyl groups is 1. The summed E-state index contributed by atoms with van der Waals surface area (Å²) in [5, 5.41) is 9.04. The van der Waals surface area contributed by atoms with E-state index in [0.717, 1.165) is 12.8 Å². The molecule has 94 valence electrons. The second-order valence-electron chi connectivity index (χ2n) is 4.18. The minimum Gasteiger partial charge on any atom is -0.396 e. The van der Waals surface area contributed by atoms with Crippen LogP contribution in [0.4, 0.5) is 5.82 Å². The van der Waals surface area contributed by atoms with Crippen molar-refractivity contribution < 1.29 is 5.11 Å². The summed E-state index contributed by atoms with van der Waals surface area (Å²) < 4.78 is 0. The molecule has 0 radical (unpaired) electrons. The second-order valence-corrected chi connectivity index (χ2v) is 4.56. The van der Waals surface area contributed by atoms with E-state index in [1.807, 2.05) is 4.90 Å². The molecular formula is C10H14ClN3O3. The highest BCUT2D eigenvalue weighted by atomic mass is 35.5. The first-order chi connectivity index (χ1) is 8.11. The van der Waals surface area contributed by atoms with Gasteiger partial charge in [-0.3, -0.25) is 14.8 Å². The zero-order chi connectivity index (χ0) is 12.4. The molecule has 1 saturated heterocycles. The first-order valence-electron chi connectivity index (χ1n) is 5.49. The van der Waals surface area contributed by atoms with Gasteiger partial charge in [-0.2, -0.15) is 0 Å². The van der Waals surface area contributed by atoms with E-state index in [0.29, 0.717) is 24.8 Å². The molecule has 0 unspecified atom stereocenters. The number of hydrogen-bond donors (Lipinski definition) is 3. The van der Waals surface area contributed by atoms with Crippen molar-refractivity contribution in [1.29, 1.82) is 0 Å². The zero-order valence-electron chi connectivity index (χ0n) is 9.20. The summed E-state index contributed by atoms with van der Waals surface area (Å²) in [5.74, 6) is 0.663. The molecule has 17 heavy (non-hydrogen) atoms. The van der Waals surface area contributed by atoms with Gasteiger partial charge in [-0.25, -0.2) is 4.79 Å². The van der Waals surface area contributed by atoms with Crippen LogP contribution in [0.3, 0.4) is 0 Å². The normalized spacial score (nSPS) is 17.4. The number of H-pyrrole nitrogens is 2. The van der Waals surface area contributed by atoms with Gasteiger partial charge >= 0.3 is 5.69 Å². The number of aliphatic hydroxyl groups excluding tert-OH is 1. The van der Waals surface area contributed by atoms with Crippen molar-refractivity contribution in [3.05, 3.63) is 25.9 Å². The average Bonchev–Trinajstić information content (AvgIpc) is 2.34. The topological polar surface area (TPSA) is 89.2 Å². The molecule has 0 bridgehead atoms. The Morgan fingerprint density at radius 3 is 2.53 bits per heavy atom. The van der Waals surface area contributed by atoms with E-state index in [9.17, 15) is 9.59 Å². The van der Waals surface area contributed by atoms with Crippen LogP contribution in [0.25, 0.3) is 0 Å². The predicted molar refractivity (Wildman–Crippen MR) is 64.7 cm³/mol. The number of hydrogen-bond acceptors (Lipinski definition) is 4. The summed E-state index contributed by atoms with van der Waals surface area (Å²) in [6, 6.07) is 0. The Kier molecular flexibility index (Phi) is 3.54. The number of nitrogens with zero attached hydrogens (tertiary/aromatic N) is 1. The van der Waals surface area contributed by atoms with Gasteiger partial charge in [0.15, 0.2) is 0 Å². The highest BCUT2D eigenvalue weighted by Crippen LogP contribution is 2.24. The van der Waals surface area contributed by atoms with Gasteiger partial charge in [-0.05, 0) is 18.8 Å². The largest absolute Gasteiger partial charge is 0.396 e. The van der Waals surface area contributed by atoms with E-state index in [1.165, 1.54) is 0 Å². The van der Waals surface area contributed by atoms with Gasteiger partial charge in [-0.1, -0.05) is 11.6 Å². The fourth-order valence-electron chi connectivity index (χ4n) is 2.02. The van der Waals surface area contributed by atoms with Gasteiger partial charge in [0.2, 0.25) is 0 Å². The molecule has 1 fully saturated rings. The van der Waals surface area contributed by atoms with Crippen LogP contribution in [0.2, 0.25) is 5.02 Å². The highest BCUT2D eigenvalue weighted by molar-refractivity contribution is 6.32. The Hall–Kier alpha value is -1.27. The number of piperidine rings is 1. The Bertz CT molecular complexity index is 502. The van der Waals surface area contributed by atoms with Crippen molar-refractivity contribution in [2.75, 3.05) is 24.6 Å². The van der Waals surface area contributed by atoms with E-state index in [-0.39, 0.29) is 11.6 Å². The van der Waals surface area contributed by atoms with Gasteiger partial charge in [0.1, 0.15) is 10.8 Å². The van der Waals surface area contributed by atoms with Crippen LogP contribution >= 0.6 is 11.6 Å². The number of rotatable bonds is 2. The Labute approximate surface area is 102 Å². The van der Waals surface area contributed by atoms with Gasteiger partial charge in [0, 0.05) is 19.7 Å². The van der Waals surface area contributed by atoms with Gasteiger partial charge in [0.05, 0.1) is 0 Å². The fourth-order valence-corrected chi connectivity index (χ4v) is 2.23. The maximum atomic E-state index is 11.3. The average molecular weight is 260 g/mol. The number of halogens is 1. The maximum absolute atomic E-state index is 11.3. The van der Waals surface area contributed by atoms with E-state index in [1.54, 1.807) is 0 Å². The van der Waals surface area contributed by atoms with Gasteiger partial charge in [-0.15, -0.1) is 0 Å². The molecule has 0 aliphatic carbocycles. The summed E-state index contributed by atoms with van der Waals surface area (Å²) in [7, 11) is 0. The monoisotopic (exact) mass is 259 g/mol. The number of anilines is 1. The Morgan fingerprint density at radius 1 is 1.29 bits per heavy atom. The van der Waals surface area contributed by atoms with Gasteiger partial charge in [0.25, 0.3) is 5.56 Å². The summed E-state index contributed by atoms with van der Waals surface area (Å²) in [6.45, 7) is 1.52. The molecule has 2 rings (SSSR count). The van der Waals surface area contributed by atoms with Gasteiger partial charge < -0.3 is 10.0 Å². The SMILES string of the molecule is O=c1[nH]c(N2CCC(CO)CC2)c(Cl)c(=O)[nH]1. The molecule has 0 amide bonds. The van der Waals surface area contributed by atoms with E-state index in [2.05, 4.69) is 9.97 Å². The first-order valence-corrected chi connectivity index (χ1v) is 5.87. The second kappa shape index (κ2) is 4.93. The van der Waals surface area contributed by atoms with Crippen LogP contribution in [0.15, 0.2) is 9.59 Å². The van der Waals surface area contributed by atoms with Crippen molar-refractivity contribution in [3.8, 4) is 0 Å². The van der Waals surface area contributed by atoms with Crippen molar-refractivity contribution in [2.45, 2.75) is 12.8 Å². The lowest BCUT2D eigenvalue weighted by Gasteiger charge is -2.32. The van der Waals surface area contributed by atoms with E-state index < -0.39 is 11.2 Å². The molecule has 0 spiro atoms. The predicted octanol–water partition coefficient (Wildman–Crippen LogP) is -0.0747. The molecule has 0 atom stereocenters. The van der Waals surface area contributed by atoms with Crippen molar-refractivity contribution in [1.82, 2.24) is 9.97 Å². The fraction of sp³-hybridized carbons (Fsp3) is 0.600. The van der Waals surface area contributed by atoms with Crippen LogP contribution in [-0.2, 0) is 0 Å². The molecule has 0 aromatic carbocycles. The Balaban J connectivity index is 2.24. The summed E-state index contributed by atoms with van der Waals surface area (Å²) in [4.78, 5) is 29.0. The molecular weight excluding hydrogens is 246 g/mol. The van der Waals surface area contributed by atoms with Crippen LogP contribution in [0.5, 0.6) is 0 Å². The lowest BCUT2D eigenvalue weighted by atomic mass is 9.98.